The molecule has 2 heterocycles. The van der Waals surface area contributed by atoms with E-state index in [2.05, 4.69) is 5.10 Å². The summed E-state index contributed by atoms with van der Waals surface area (Å²) in [7, 11) is 0. The number of fused-ring (bicyclic) bond motifs is 3. The van der Waals surface area contributed by atoms with Gasteiger partial charge in [-0.25, -0.2) is 18.3 Å². The minimum absolute atomic E-state index is 0.158. The van der Waals surface area contributed by atoms with E-state index in [9.17, 15) is 14.0 Å². The summed E-state index contributed by atoms with van der Waals surface area (Å²) in [4.78, 5) is 26.5. The molecule has 0 aliphatic carbocycles. The Hall–Kier alpha value is -3.71. The minimum atomic E-state index is -0.358. The van der Waals surface area contributed by atoms with Crippen molar-refractivity contribution in [3.05, 3.63) is 116 Å². The topological polar surface area (TPSA) is 61.3 Å². The van der Waals surface area contributed by atoms with Gasteiger partial charge >= 0.3 is 5.69 Å². The zero-order valence-corrected chi connectivity index (χ0v) is 17.0. The standard InChI is InChI=1S/C23H16ClFN4O2/c24-17-9-5-16(6-10-17)14-28-23(31)29-20-4-2-1-3-19(20)21(30)27(22(29)26-28)13-15-7-11-18(25)12-8-15/h1-12H,13-14H2. The Morgan fingerprint density at radius 1 is 0.839 bits per heavy atom. The summed E-state index contributed by atoms with van der Waals surface area (Å²) in [6.45, 7) is 0.390. The lowest BCUT2D eigenvalue weighted by molar-refractivity contribution is 0.626. The lowest BCUT2D eigenvalue weighted by Crippen LogP contribution is -2.27. The fourth-order valence-corrected chi connectivity index (χ4v) is 3.77. The molecule has 0 saturated heterocycles. The zero-order chi connectivity index (χ0) is 21.5. The molecule has 5 aromatic rings. The molecule has 0 radical (unpaired) electrons. The van der Waals surface area contributed by atoms with Crippen molar-refractivity contribution in [2.75, 3.05) is 0 Å². The van der Waals surface area contributed by atoms with E-state index in [0.29, 0.717) is 15.9 Å². The summed E-state index contributed by atoms with van der Waals surface area (Å²) in [5.41, 5.74) is 1.45. The molecule has 0 saturated carbocycles. The fraction of sp³-hybridized carbons (Fsp3) is 0.0870. The van der Waals surface area contributed by atoms with Crippen LogP contribution in [0.1, 0.15) is 11.1 Å². The monoisotopic (exact) mass is 434 g/mol. The molecule has 0 unspecified atom stereocenters. The number of hydrogen-bond donors (Lipinski definition) is 0. The largest absolute Gasteiger partial charge is 0.352 e. The van der Waals surface area contributed by atoms with Gasteiger partial charge in [-0.15, -0.1) is 5.10 Å². The van der Waals surface area contributed by atoms with Crippen molar-refractivity contribution in [2.24, 2.45) is 0 Å². The third kappa shape index (κ3) is 3.43. The summed E-state index contributed by atoms with van der Waals surface area (Å²) >= 11 is 5.95. The van der Waals surface area contributed by atoms with Crippen LogP contribution in [0.2, 0.25) is 5.02 Å². The van der Waals surface area contributed by atoms with Gasteiger partial charge in [-0.2, -0.15) is 0 Å². The molecule has 2 aromatic heterocycles. The molecule has 31 heavy (non-hydrogen) atoms. The summed E-state index contributed by atoms with van der Waals surface area (Å²) in [6, 6.07) is 20.0. The molecule has 0 fully saturated rings. The van der Waals surface area contributed by atoms with Crippen molar-refractivity contribution in [1.82, 2.24) is 18.7 Å². The van der Waals surface area contributed by atoms with Gasteiger partial charge in [0.1, 0.15) is 5.82 Å². The SMILES string of the molecule is O=c1c2ccccc2n2c(=O)n(Cc3ccc(Cl)cc3)nc2n1Cc1ccc(F)cc1. The first-order valence-corrected chi connectivity index (χ1v) is 9.99. The molecule has 154 valence electrons. The van der Waals surface area contributed by atoms with E-state index in [4.69, 9.17) is 11.6 Å². The Morgan fingerprint density at radius 3 is 2.23 bits per heavy atom. The Labute approximate surface area is 180 Å². The van der Waals surface area contributed by atoms with Crippen LogP contribution in [0.4, 0.5) is 4.39 Å². The number of benzene rings is 3. The number of nitrogens with zero attached hydrogens (tertiary/aromatic N) is 4. The molecule has 6 nitrogen and oxygen atoms in total. The molecule has 0 amide bonds. The summed E-state index contributed by atoms with van der Waals surface area (Å²) in [6.07, 6.45) is 0. The van der Waals surface area contributed by atoms with Crippen LogP contribution < -0.4 is 11.2 Å². The smallest absolute Gasteiger partial charge is 0.272 e. The lowest BCUT2D eigenvalue weighted by Gasteiger charge is -2.09. The number of rotatable bonds is 4. The molecule has 0 bridgehead atoms. The first-order valence-electron chi connectivity index (χ1n) is 9.61. The molecule has 0 aliphatic rings. The van der Waals surface area contributed by atoms with Crippen molar-refractivity contribution in [1.29, 1.82) is 0 Å². The zero-order valence-electron chi connectivity index (χ0n) is 16.2. The maximum atomic E-state index is 13.3. The van der Waals surface area contributed by atoms with E-state index in [-0.39, 0.29) is 35.9 Å². The van der Waals surface area contributed by atoms with Crippen LogP contribution in [-0.4, -0.2) is 18.7 Å². The fourth-order valence-electron chi connectivity index (χ4n) is 3.65. The lowest BCUT2D eigenvalue weighted by atomic mass is 10.2. The summed E-state index contributed by atoms with van der Waals surface area (Å²) < 4.78 is 17.5. The number of para-hydroxylation sites is 1. The van der Waals surface area contributed by atoms with Gasteiger partial charge in [0.05, 0.1) is 24.0 Å². The Balaban J connectivity index is 1.73. The van der Waals surface area contributed by atoms with E-state index >= 15 is 0 Å². The van der Waals surface area contributed by atoms with Gasteiger partial charge in [-0.05, 0) is 47.5 Å². The Bertz CT molecular complexity index is 1530. The normalized spacial score (nSPS) is 11.4. The van der Waals surface area contributed by atoms with Gasteiger partial charge in [0.15, 0.2) is 0 Å². The summed E-state index contributed by atoms with van der Waals surface area (Å²) in [5, 5.41) is 5.49. The van der Waals surface area contributed by atoms with Crippen LogP contribution in [0.3, 0.4) is 0 Å². The van der Waals surface area contributed by atoms with Crippen molar-refractivity contribution in [2.45, 2.75) is 13.1 Å². The van der Waals surface area contributed by atoms with Crippen LogP contribution in [0.5, 0.6) is 0 Å². The van der Waals surface area contributed by atoms with Crippen LogP contribution in [0.25, 0.3) is 16.7 Å². The van der Waals surface area contributed by atoms with Gasteiger partial charge in [0.2, 0.25) is 5.78 Å². The second-order valence-corrected chi connectivity index (χ2v) is 7.67. The van der Waals surface area contributed by atoms with Crippen LogP contribution in [0.15, 0.2) is 82.4 Å². The predicted molar refractivity (Wildman–Crippen MR) is 117 cm³/mol. The predicted octanol–water partition coefficient (Wildman–Crippen LogP) is 3.70. The second kappa shape index (κ2) is 7.52. The van der Waals surface area contributed by atoms with Crippen molar-refractivity contribution in [3.63, 3.8) is 0 Å². The third-order valence-electron chi connectivity index (χ3n) is 5.18. The third-order valence-corrected chi connectivity index (χ3v) is 5.44. The van der Waals surface area contributed by atoms with E-state index in [0.717, 1.165) is 11.1 Å². The molecule has 8 heteroatoms. The van der Waals surface area contributed by atoms with Gasteiger partial charge in [0, 0.05) is 5.02 Å². The van der Waals surface area contributed by atoms with E-state index in [1.807, 2.05) is 12.1 Å². The van der Waals surface area contributed by atoms with Gasteiger partial charge < -0.3 is 0 Å². The number of halogens is 2. The molecule has 0 N–H and O–H groups in total. The van der Waals surface area contributed by atoms with E-state index in [1.54, 1.807) is 48.5 Å². The highest BCUT2D eigenvalue weighted by atomic mass is 35.5. The first kappa shape index (κ1) is 19.3. The molecular formula is C23H16ClFN4O2. The maximum Gasteiger partial charge on any atom is 0.352 e. The molecule has 5 rings (SSSR count). The van der Waals surface area contributed by atoms with E-state index in [1.165, 1.54) is 25.8 Å². The van der Waals surface area contributed by atoms with Gasteiger partial charge in [0.25, 0.3) is 5.56 Å². The molecule has 3 aromatic carbocycles. The average Bonchev–Trinajstić information content (AvgIpc) is 3.10. The minimum Gasteiger partial charge on any atom is -0.272 e. The van der Waals surface area contributed by atoms with Crippen molar-refractivity contribution >= 4 is 28.3 Å². The van der Waals surface area contributed by atoms with Crippen LogP contribution in [-0.2, 0) is 13.1 Å². The van der Waals surface area contributed by atoms with Gasteiger partial charge in [-0.1, -0.05) is 48.0 Å². The number of aromatic nitrogens is 4. The van der Waals surface area contributed by atoms with Crippen LogP contribution >= 0.6 is 11.6 Å². The number of hydrogen-bond acceptors (Lipinski definition) is 3. The molecule has 0 spiro atoms. The Kier molecular flexibility index (Phi) is 4.67. The highest BCUT2D eigenvalue weighted by molar-refractivity contribution is 6.30. The van der Waals surface area contributed by atoms with Gasteiger partial charge in [-0.3, -0.25) is 9.36 Å². The molecular weight excluding hydrogens is 419 g/mol. The Morgan fingerprint density at radius 2 is 1.48 bits per heavy atom. The van der Waals surface area contributed by atoms with Crippen molar-refractivity contribution < 1.29 is 4.39 Å². The molecule has 0 atom stereocenters. The maximum absolute atomic E-state index is 13.3. The summed E-state index contributed by atoms with van der Waals surface area (Å²) in [5.74, 6) is -0.129. The van der Waals surface area contributed by atoms with E-state index < -0.39 is 0 Å². The molecule has 0 aliphatic heterocycles. The quantitative estimate of drug-likeness (QED) is 0.433. The van der Waals surface area contributed by atoms with Crippen molar-refractivity contribution in [3.8, 4) is 0 Å². The first-order chi connectivity index (χ1) is 15.0. The highest BCUT2D eigenvalue weighted by Crippen LogP contribution is 2.14. The highest BCUT2D eigenvalue weighted by Gasteiger charge is 2.17. The van der Waals surface area contributed by atoms with Crippen LogP contribution in [0, 0.1) is 5.82 Å². The average molecular weight is 435 g/mol. The second-order valence-electron chi connectivity index (χ2n) is 7.24.